The standard InChI is InChI=1S/C12H15ClN2O3/c13-10-2-1-9(7-14-10)11(17)15-12(8-16)3-5-18-6-4-12/h1-2,7,16H,3-6,8H2,(H,15,17). The Bertz CT molecular complexity index is 416. The van der Waals surface area contributed by atoms with Crippen molar-refractivity contribution in [2.24, 2.45) is 0 Å². The largest absolute Gasteiger partial charge is 0.394 e. The maximum Gasteiger partial charge on any atom is 0.253 e. The van der Waals surface area contributed by atoms with Gasteiger partial charge in [0.1, 0.15) is 5.15 Å². The monoisotopic (exact) mass is 270 g/mol. The quantitative estimate of drug-likeness (QED) is 0.804. The Labute approximate surface area is 110 Å². The third kappa shape index (κ3) is 2.98. The third-order valence-corrected chi connectivity index (χ3v) is 3.34. The Balaban J connectivity index is 2.07. The Morgan fingerprint density at radius 1 is 1.50 bits per heavy atom. The molecule has 5 nitrogen and oxygen atoms in total. The molecule has 0 aromatic carbocycles. The summed E-state index contributed by atoms with van der Waals surface area (Å²) in [6, 6.07) is 3.17. The van der Waals surface area contributed by atoms with E-state index in [1.165, 1.54) is 6.20 Å². The lowest BCUT2D eigenvalue weighted by molar-refractivity contribution is 0.0125. The van der Waals surface area contributed by atoms with E-state index in [1.807, 2.05) is 0 Å². The predicted molar refractivity (Wildman–Crippen MR) is 66.6 cm³/mol. The van der Waals surface area contributed by atoms with Crippen LogP contribution in [0.2, 0.25) is 5.15 Å². The molecule has 1 aliphatic heterocycles. The number of carbonyl (C=O) groups excluding carboxylic acids is 1. The van der Waals surface area contributed by atoms with Crippen LogP contribution >= 0.6 is 11.6 Å². The van der Waals surface area contributed by atoms with E-state index in [9.17, 15) is 9.90 Å². The maximum atomic E-state index is 12.0. The molecule has 18 heavy (non-hydrogen) atoms. The topological polar surface area (TPSA) is 71.5 Å². The summed E-state index contributed by atoms with van der Waals surface area (Å²) in [5.41, 5.74) is -0.159. The van der Waals surface area contributed by atoms with Gasteiger partial charge in [0.05, 0.1) is 17.7 Å². The van der Waals surface area contributed by atoms with Crippen molar-refractivity contribution < 1.29 is 14.6 Å². The summed E-state index contributed by atoms with van der Waals surface area (Å²) < 4.78 is 5.24. The maximum absolute atomic E-state index is 12.0. The van der Waals surface area contributed by atoms with Crippen molar-refractivity contribution in [1.82, 2.24) is 10.3 Å². The van der Waals surface area contributed by atoms with Crippen LogP contribution in [0.15, 0.2) is 18.3 Å². The zero-order valence-corrected chi connectivity index (χ0v) is 10.6. The minimum Gasteiger partial charge on any atom is -0.394 e. The second kappa shape index (κ2) is 5.65. The first-order valence-electron chi connectivity index (χ1n) is 5.78. The summed E-state index contributed by atoms with van der Waals surface area (Å²) >= 11 is 5.66. The van der Waals surface area contributed by atoms with Gasteiger partial charge in [0.15, 0.2) is 0 Å². The molecular formula is C12H15ClN2O3. The molecule has 0 radical (unpaired) electrons. The molecule has 0 bridgehead atoms. The second-order valence-electron chi connectivity index (χ2n) is 4.37. The summed E-state index contributed by atoms with van der Waals surface area (Å²) in [5.74, 6) is -0.255. The number of hydrogen-bond donors (Lipinski definition) is 2. The second-order valence-corrected chi connectivity index (χ2v) is 4.76. The van der Waals surface area contributed by atoms with Crippen LogP contribution in [-0.2, 0) is 4.74 Å². The highest BCUT2D eigenvalue weighted by Crippen LogP contribution is 2.20. The molecule has 98 valence electrons. The molecule has 2 heterocycles. The van der Waals surface area contributed by atoms with E-state index in [4.69, 9.17) is 16.3 Å². The van der Waals surface area contributed by atoms with Gasteiger partial charge in [-0.05, 0) is 25.0 Å². The van der Waals surface area contributed by atoms with Crippen LogP contribution in [0, 0.1) is 0 Å². The van der Waals surface area contributed by atoms with E-state index in [0.717, 1.165) is 0 Å². The Hall–Kier alpha value is -1.17. The number of carbonyl (C=O) groups is 1. The van der Waals surface area contributed by atoms with Gasteiger partial charge in [0.2, 0.25) is 0 Å². The van der Waals surface area contributed by atoms with Crippen LogP contribution in [0.1, 0.15) is 23.2 Å². The van der Waals surface area contributed by atoms with Crippen molar-refractivity contribution in [3.8, 4) is 0 Å². The molecule has 2 rings (SSSR count). The summed E-state index contributed by atoms with van der Waals surface area (Å²) in [4.78, 5) is 15.9. The van der Waals surface area contributed by atoms with Gasteiger partial charge in [-0.3, -0.25) is 4.79 Å². The number of pyridine rings is 1. The van der Waals surface area contributed by atoms with E-state index < -0.39 is 5.54 Å². The number of rotatable bonds is 3. The molecule has 1 amide bonds. The van der Waals surface area contributed by atoms with Gasteiger partial charge in [-0.2, -0.15) is 0 Å². The summed E-state index contributed by atoms with van der Waals surface area (Å²) in [6.07, 6.45) is 2.63. The smallest absolute Gasteiger partial charge is 0.253 e. The molecule has 0 unspecified atom stereocenters. The number of hydrogen-bond acceptors (Lipinski definition) is 4. The summed E-state index contributed by atoms with van der Waals surface area (Å²) in [6.45, 7) is 0.989. The molecule has 1 aliphatic rings. The van der Waals surface area contributed by atoms with Crippen molar-refractivity contribution in [3.05, 3.63) is 29.0 Å². The molecule has 0 aliphatic carbocycles. The number of aliphatic hydroxyl groups is 1. The highest BCUT2D eigenvalue weighted by molar-refractivity contribution is 6.29. The number of nitrogens with one attached hydrogen (secondary N) is 1. The van der Waals surface area contributed by atoms with Gasteiger partial charge in [0.25, 0.3) is 5.91 Å². The van der Waals surface area contributed by atoms with Gasteiger partial charge in [-0.25, -0.2) is 4.98 Å². The van der Waals surface area contributed by atoms with E-state index >= 15 is 0 Å². The van der Waals surface area contributed by atoms with Gasteiger partial charge in [0, 0.05) is 19.4 Å². The predicted octanol–water partition coefficient (Wildman–Crippen LogP) is 1.01. The van der Waals surface area contributed by atoms with E-state index in [1.54, 1.807) is 12.1 Å². The zero-order valence-electron chi connectivity index (χ0n) is 9.86. The Morgan fingerprint density at radius 3 is 2.78 bits per heavy atom. The van der Waals surface area contributed by atoms with Crippen molar-refractivity contribution >= 4 is 17.5 Å². The molecular weight excluding hydrogens is 256 g/mol. The van der Waals surface area contributed by atoms with Crippen molar-refractivity contribution in [2.75, 3.05) is 19.8 Å². The number of aliphatic hydroxyl groups excluding tert-OH is 1. The van der Waals surface area contributed by atoms with Crippen LogP contribution in [0.5, 0.6) is 0 Å². The Kier molecular flexibility index (Phi) is 4.16. The van der Waals surface area contributed by atoms with Crippen LogP contribution in [0.4, 0.5) is 0 Å². The van der Waals surface area contributed by atoms with Gasteiger partial charge in [-0.1, -0.05) is 11.6 Å². The first-order valence-corrected chi connectivity index (χ1v) is 6.16. The summed E-state index contributed by atoms with van der Waals surface area (Å²) in [5, 5.41) is 12.7. The molecule has 1 aromatic heterocycles. The third-order valence-electron chi connectivity index (χ3n) is 3.12. The lowest BCUT2D eigenvalue weighted by atomic mass is 9.90. The van der Waals surface area contributed by atoms with Crippen LogP contribution < -0.4 is 5.32 Å². The van der Waals surface area contributed by atoms with E-state index in [2.05, 4.69) is 10.3 Å². The molecule has 2 N–H and O–H groups in total. The normalized spacial score (nSPS) is 18.3. The number of halogens is 1. The number of aromatic nitrogens is 1. The summed E-state index contributed by atoms with van der Waals surface area (Å²) in [7, 11) is 0. The highest BCUT2D eigenvalue weighted by Gasteiger charge is 2.33. The first-order chi connectivity index (χ1) is 8.65. The average molecular weight is 271 g/mol. The number of amides is 1. The highest BCUT2D eigenvalue weighted by atomic mass is 35.5. The van der Waals surface area contributed by atoms with E-state index in [-0.39, 0.29) is 12.5 Å². The van der Waals surface area contributed by atoms with Gasteiger partial charge < -0.3 is 15.2 Å². The fourth-order valence-electron chi connectivity index (χ4n) is 1.91. The number of ether oxygens (including phenoxy) is 1. The molecule has 0 saturated carbocycles. The fraction of sp³-hybridized carbons (Fsp3) is 0.500. The van der Waals surface area contributed by atoms with Crippen molar-refractivity contribution in [1.29, 1.82) is 0 Å². The zero-order chi connectivity index (χ0) is 13.0. The van der Waals surface area contributed by atoms with Crippen LogP contribution in [0.3, 0.4) is 0 Å². The van der Waals surface area contributed by atoms with E-state index in [0.29, 0.717) is 36.8 Å². The SMILES string of the molecule is O=C(NC1(CO)CCOCC1)c1ccc(Cl)nc1. The minimum atomic E-state index is -0.588. The molecule has 1 fully saturated rings. The lowest BCUT2D eigenvalue weighted by Gasteiger charge is -2.36. The minimum absolute atomic E-state index is 0.0941. The molecule has 0 atom stereocenters. The van der Waals surface area contributed by atoms with Gasteiger partial charge >= 0.3 is 0 Å². The average Bonchev–Trinajstić information content (AvgIpc) is 2.40. The van der Waals surface area contributed by atoms with Crippen molar-refractivity contribution in [2.45, 2.75) is 18.4 Å². The molecule has 1 aromatic rings. The first kappa shape index (κ1) is 13.3. The van der Waals surface area contributed by atoms with Crippen LogP contribution in [-0.4, -0.2) is 41.4 Å². The molecule has 1 saturated heterocycles. The van der Waals surface area contributed by atoms with Crippen molar-refractivity contribution in [3.63, 3.8) is 0 Å². The van der Waals surface area contributed by atoms with Gasteiger partial charge in [-0.15, -0.1) is 0 Å². The lowest BCUT2D eigenvalue weighted by Crippen LogP contribution is -2.54. The van der Waals surface area contributed by atoms with Crippen LogP contribution in [0.25, 0.3) is 0 Å². The molecule has 6 heteroatoms. The molecule has 0 spiro atoms. The Morgan fingerprint density at radius 2 is 2.22 bits per heavy atom. The number of nitrogens with zero attached hydrogens (tertiary/aromatic N) is 1. The fourth-order valence-corrected chi connectivity index (χ4v) is 2.02.